The maximum Gasteiger partial charge on any atom is 0.497 e. The fourth-order valence-corrected chi connectivity index (χ4v) is 3.62. The van der Waals surface area contributed by atoms with E-state index >= 15 is 0 Å². The Kier molecular flexibility index (Phi) is 6.45. The topological polar surface area (TPSA) is 65.8 Å². The number of fused-ring (bicyclic) bond motifs is 1. The number of imidazole rings is 1. The summed E-state index contributed by atoms with van der Waals surface area (Å²) >= 11 is 0. The van der Waals surface area contributed by atoms with E-state index in [1.807, 2.05) is 52.2 Å². The van der Waals surface area contributed by atoms with Gasteiger partial charge in [0.1, 0.15) is 5.60 Å². The van der Waals surface area contributed by atoms with Gasteiger partial charge in [-0.15, -0.1) is 0 Å². The lowest BCUT2D eigenvalue weighted by Crippen LogP contribution is -2.41. The fourth-order valence-electron chi connectivity index (χ4n) is 3.62. The lowest BCUT2D eigenvalue weighted by atomic mass is 9.78. The van der Waals surface area contributed by atoms with Crippen molar-refractivity contribution in [3.8, 4) is 0 Å². The Morgan fingerprint density at radius 3 is 2.42 bits per heavy atom. The van der Waals surface area contributed by atoms with Gasteiger partial charge in [-0.05, 0) is 67.9 Å². The van der Waals surface area contributed by atoms with Crippen LogP contribution in [-0.2, 0) is 20.6 Å². The van der Waals surface area contributed by atoms with Crippen LogP contribution in [0.2, 0.25) is 0 Å². The average Bonchev–Trinajstić information content (AvgIpc) is 3.14. The lowest BCUT2D eigenvalue weighted by molar-refractivity contribution is 0.00578. The smallest absolute Gasteiger partial charge is 0.444 e. The summed E-state index contributed by atoms with van der Waals surface area (Å²) < 4.78 is 20.2. The van der Waals surface area contributed by atoms with Crippen LogP contribution in [0, 0.1) is 0 Å². The molecule has 0 aliphatic carbocycles. The van der Waals surface area contributed by atoms with Gasteiger partial charge in [0.05, 0.1) is 28.6 Å². The number of amides is 1. The summed E-state index contributed by atoms with van der Waals surface area (Å²) in [5, 5.41) is 0. The monoisotopic (exact) mass is 429 g/mol. The molecule has 1 amide bonds. The summed E-state index contributed by atoms with van der Waals surface area (Å²) in [5.41, 5.74) is 1.60. The van der Waals surface area contributed by atoms with Crippen molar-refractivity contribution in [3.63, 3.8) is 0 Å². The van der Waals surface area contributed by atoms with Crippen molar-refractivity contribution in [2.45, 2.75) is 85.2 Å². The quantitative estimate of drug-likeness (QED) is 0.650. The van der Waals surface area contributed by atoms with Crippen LogP contribution in [0.4, 0.5) is 4.79 Å². The molecule has 170 valence electrons. The van der Waals surface area contributed by atoms with Gasteiger partial charge in [0.2, 0.25) is 0 Å². The summed E-state index contributed by atoms with van der Waals surface area (Å²) in [6, 6.07) is 6.03. The Bertz CT molecular complexity index is 917. The van der Waals surface area contributed by atoms with Crippen LogP contribution in [0.5, 0.6) is 0 Å². The van der Waals surface area contributed by atoms with E-state index in [0.29, 0.717) is 13.1 Å². The minimum Gasteiger partial charge on any atom is -0.444 e. The summed E-state index contributed by atoms with van der Waals surface area (Å²) in [7, 11) is -0.446. The first-order chi connectivity index (χ1) is 14.3. The van der Waals surface area contributed by atoms with E-state index in [0.717, 1.165) is 29.5 Å². The molecule has 2 aromatic rings. The van der Waals surface area contributed by atoms with Crippen molar-refractivity contribution in [1.29, 1.82) is 0 Å². The summed E-state index contributed by atoms with van der Waals surface area (Å²) in [6.45, 7) is 17.8. The standard InChI is InChI=1S/C23H36BN3O4/c1-9-26(20(28)29-21(2,3)4)14-11-15-27-16-25-18-13-10-12-17(19(18)27)24-30-22(5,6)23(7,8)31-24/h10,12-13,16H,9,11,14-15H2,1-8H3. The molecular formula is C23H36BN3O4. The number of aryl methyl sites for hydroxylation is 1. The van der Waals surface area contributed by atoms with Gasteiger partial charge in [-0.2, -0.15) is 0 Å². The molecule has 1 aliphatic heterocycles. The number of hydrogen-bond acceptors (Lipinski definition) is 5. The SMILES string of the molecule is CCN(CCCn1cnc2cccc(B3OC(C)(C)C(C)(C)O3)c21)C(=O)OC(C)(C)C. The maximum absolute atomic E-state index is 12.4. The largest absolute Gasteiger partial charge is 0.497 e. The zero-order valence-corrected chi connectivity index (χ0v) is 20.2. The second-order valence-electron chi connectivity index (χ2n) is 10.2. The predicted octanol–water partition coefficient (Wildman–Crippen LogP) is 3.98. The van der Waals surface area contributed by atoms with Crippen molar-refractivity contribution < 1.29 is 18.8 Å². The Hall–Kier alpha value is -2.06. The zero-order valence-electron chi connectivity index (χ0n) is 20.2. The van der Waals surface area contributed by atoms with E-state index in [1.165, 1.54) is 0 Å². The molecule has 2 heterocycles. The molecule has 7 nitrogen and oxygen atoms in total. The van der Waals surface area contributed by atoms with Gasteiger partial charge in [-0.25, -0.2) is 9.78 Å². The molecule has 1 aromatic heterocycles. The van der Waals surface area contributed by atoms with E-state index in [2.05, 4.69) is 37.2 Å². The van der Waals surface area contributed by atoms with Crippen LogP contribution in [0.15, 0.2) is 24.5 Å². The van der Waals surface area contributed by atoms with Crippen molar-refractivity contribution in [1.82, 2.24) is 14.5 Å². The Balaban J connectivity index is 1.75. The third kappa shape index (κ3) is 5.06. The first kappa shape index (κ1) is 23.6. The minimum atomic E-state index is -0.497. The molecule has 0 spiro atoms. The van der Waals surface area contributed by atoms with Gasteiger partial charge >= 0.3 is 13.2 Å². The van der Waals surface area contributed by atoms with E-state index in [1.54, 1.807) is 4.90 Å². The number of aromatic nitrogens is 2. The molecule has 0 N–H and O–H groups in total. The average molecular weight is 429 g/mol. The zero-order chi connectivity index (χ0) is 23.0. The number of nitrogens with zero attached hydrogens (tertiary/aromatic N) is 3. The van der Waals surface area contributed by atoms with E-state index in [9.17, 15) is 4.79 Å². The van der Waals surface area contributed by atoms with Gasteiger partial charge in [0.25, 0.3) is 0 Å². The molecule has 0 bridgehead atoms. The van der Waals surface area contributed by atoms with Gasteiger partial charge in [0.15, 0.2) is 0 Å². The van der Waals surface area contributed by atoms with Crippen LogP contribution in [0.3, 0.4) is 0 Å². The van der Waals surface area contributed by atoms with E-state index in [-0.39, 0.29) is 6.09 Å². The summed E-state index contributed by atoms with van der Waals surface area (Å²) in [4.78, 5) is 18.7. The van der Waals surface area contributed by atoms with Crippen molar-refractivity contribution in [3.05, 3.63) is 24.5 Å². The highest BCUT2D eigenvalue weighted by Crippen LogP contribution is 2.37. The lowest BCUT2D eigenvalue weighted by Gasteiger charge is -2.32. The molecule has 0 unspecified atom stereocenters. The third-order valence-electron chi connectivity index (χ3n) is 6.04. The maximum atomic E-state index is 12.4. The number of carbonyl (C=O) groups is 1. The predicted molar refractivity (Wildman–Crippen MR) is 124 cm³/mol. The normalized spacial score (nSPS) is 17.9. The van der Waals surface area contributed by atoms with Crippen LogP contribution in [-0.4, -0.2) is 57.6 Å². The number of hydrogen-bond donors (Lipinski definition) is 0. The number of para-hydroxylation sites is 1. The second-order valence-corrected chi connectivity index (χ2v) is 10.2. The molecule has 1 fully saturated rings. The molecular weight excluding hydrogens is 393 g/mol. The molecule has 3 rings (SSSR count). The Morgan fingerprint density at radius 2 is 1.84 bits per heavy atom. The van der Waals surface area contributed by atoms with Gasteiger partial charge in [-0.3, -0.25) is 0 Å². The fraction of sp³-hybridized carbons (Fsp3) is 0.652. The minimum absolute atomic E-state index is 0.275. The first-order valence-corrected chi connectivity index (χ1v) is 11.1. The van der Waals surface area contributed by atoms with Crippen molar-refractivity contribution in [2.75, 3.05) is 13.1 Å². The van der Waals surface area contributed by atoms with E-state index < -0.39 is 23.9 Å². The third-order valence-corrected chi connectivity index (χ3v) is 6.04. The first-order valence-electron chi connectivity index (χ1n) is 11.1. The molecule has 0 atom stereocenters. The second kappa shape index (κ2) is 8.47. The summed E-state index contributed by atoms with van der Waals surface area (Å²) in [6.07, 6.45) is 2.36. The number of carbonyl (C=O) groups excluding carboxylic acids is 1. The molecule has 1 aliphatic rings. The number of benzene rings is 1. The van der Waals surface area contributed by atoms with Crippen molar-refractivity contribution >= 4 is 29.7 Å². The van der Waals surface area contributed by atoms with Crippen LogP contribution >= 0.6 is 0 Å². The molecule has 0 radical (unpaired) electrons. The summed E-state index contributed by atoms with van der Waals surface area (Å²) in [5.74, 6) is 0. The van der Waals surface area contributed by atoms with Crippen LogP contribution < -0.4 is 5.46 Å². The molecule has 1 saturated heterocycles. The van der Waals surface area contributed by atoms with Gasteiger partial charge < -0.3 is 23.5 Å². The van der Waals surface area contributed by atoms with Crippen LogP contribution in [0.1, 0.15) is 61.8 Å². The molecule has 1 aromatic carbocycles. The molecule has 31 heavy (non-hydrogen) atoms. The highest BCUT2D eigenvalue weighted by atomic mass is 16.7. The Labute approximate surface area is 186 Å². The van der Waals surface area contributed by atoms with E-state index in [4.69, 9.17) is 14.0 Å². The molecule has 0 saturated carbocycles. The highest BCUT2D eigenvalue weighted by Gasteiger charge is 2.52. The highest BCUT2D eigenvalue weighted by molar-refractivity contribution is 6.64. The number of rotatable bonds is 6. The molecule has 8 heteroatoms. The van der Waals surface area contributed by atoms with Gasteiger partial charge in [-0.1, -0.05) is 12.1 Å². The van der Waals surface area contributed by atoms with Crippen LogP contribution in [0.25, 0.3) is 11.0 Å². The Morgan fingerprint density at radius 1 is 1.19 bits per heavy atom. The van der Waals surface area contributed by atoms with Gasteiger partial charge in [0, 0.05) is 25.1 Å². The van der Waals surface area contributed by atoms with Crippen molar-refractivity contribution in [2.24, 2.45) is 0 Å². The number of ether oxygens (including phenoxy) is 1.